The van der Waals surface area contributed by atoms with Gasteiger partial charge in [0, 0.05) is 0 Å². The smallest absolute Gasteiger partial charge is 0.338 e. The van der Waals surface area contributed by atoms with Crippen LogP contribution in [0.15, 0.2) is 36.4 Å². The highest BCUT2D eigenvalue weighted by Crippen LogP contribution is 2.19. The number of carbonyl (C=O) groups excluding carboxylic acids is 3. The van der Waals surface area contributed by atoms with Crippen molar-refractivity contribution in [3.63, 3.8) is 0 Å². The van der Waals surface area contributed by atoms with Crippen LogP contribution in [0.2, 0.25) is 0 Å². The molecule has 7 nitrogen and oxygen atoms in total. The van der Waals surface area contributed by atoms with Gasteiger partial charge in [-0.3, -0.25) is 9.59 Å². The molecule has 0 atom stereocenters. The summed E-state index contributed by atoms with van der Waals surface area (Å²) in [5.74, 6) is -6.33. The highest BCUT2D eigenvalue weighted by atomic mass is 19.2. The van der Waals surface area contributed by atoms with E-state index in [2.05, 4.69) is 5.32 Å². The Labute approximate surface area is 170 Å². The van der Waals surface area contributed by atoms with Gasteiger partial charge in [-0.25, -0.2) is 18.0 Å². The molecule has 0 heterocycles. The van der Waals surface area contributed by atoms with Crippen LogP contribution in [0.3, 0.4) is 0 Å². The van der Waals surface area contributed by atoms with E-state index in [-0.39, 0.29) is 6.10 Å². The van der Waals surface area contributed by atoms with Gasteiger partial charge in [0.05, 0.1) is 23.9 Å². The molecule has 2 amide bonds. The van der Waals surface area contributed by atoms with Crippen molar-refractivity contribution in [2.24, 2.45) is 0 Å². The van der Waals surface area contributed by atoms with E-state index < -0.39 is 54.1 Å². The van der Waals surface area contributed by atoms with Crippen molar-refractivity contribution in [1.29, 1.82) is 0 Å². The van der Waals surface area contributed by atoms with Crippen LogP contribution in [0.5, 0.6) is 5.75 Å². The molecule has 0 bridgehead atoms. The standard InChI is InChI=1S/C20H19F3N2O5/c1-11(2)30-20(28)12-3-5-13(6-4-12)29-10-17(27)24-9-16(26)25-15-8-7-14(21)18(22)19(15)23/h3-8,11H,9-10H2,1-2H3,(H,24,27)(H,25,26). The van der Waals surface area contributed by atoms with Gasteiger partial charge < -0.3 is 20.1 Å². The van der Waals surface area contributed by atoms with E-state index in [0.29, 0.717) is 17.4 Å². The molecule has 0 aliphatic heterocycles. The van der Waals surface area contributed by atoms with Crippen LogP contribution < -0.4 is 15.4 Å². The van der Waals surface area contributed by atoms with Crippen LogP contribution in [0, 0.1) is 17.5 Å². The fourth-order valence-electron chi connectivity index (χ4n) is 2.16. The van der Waals surface area contributed by atoms with Gasteiger partial charge in [-0.2, -0.15) is 0 Å². The summed E-state index contributed by atoms with van der Waals surface area (Å²) in [5, 5.41) is 4.25. The van der Waals surface area contributed by atoms with Gasteiger partial charge in [-0.15, -0.1) is 0 Å². The van der Waals surface area contributed by atoms with Crippen LogP contribution in [0.1, 0.15) is 24.2 Å². The predicted octanol–water partition coefficient (Wildman–Crippen LogP) is 2.80. The van der Waals surface area contributed by atoms with Crippen molar-refractivity contribution < 1.29 is 37.0 Å². The lowest BCUT2D eigenvalue weighted by molar-refractivity contribution is -0.125. The first-order chi connectivity index (χ1) is 14.2. The molecule has 0 aromatic heterocycles. The Morgan fingerprint density at radius 1 is 0.933 bits per heavy atom. The number of anilines is 1. The first kappa shape index (κ1) is 22.7. The van der Waals surface area contributed by atoms with Crippen LogP contribution in [0.4, 0.5) is 18.9 Å². The minimum absolute atomic E-state index is 0.257. The topological polar surface area (TPSA) is 93.7 Å². The van der Waals surface area contributed by atoms with Crippen molar-refractivity contribution in [2.45, 2.75) is 20.0 Å². The van der Waals surface area contributed by atoms with E-state index in [0.717, 1.165) is 6.07 Å². The zero-order valence-corrected chi connectivity index (χ0v) is 16.1. The molecule has 0 spiro atoms. The lowest BCUT2D eigenvalue weighted by Gasteiger charge is -2.10. The largest absolute Gasteiger partial charge is 0.484 e. The molecule has 0 radical (unpaired) electrons. The van der Waals surface area contributed by atoms with Crippen molar-refractivity contribution in [3.05, 3.63) is 59.4 Å². The Morgan fingerprint density at radius 3 is 2.23 bits per heavy atom. The minimum atomic E-state index is -1.71. The number of amides is 2. The molecule has 2 aromatic rings. The quantitative estimate of drug-likeness (QED) is 0.502. The number of benzene rings is 2. The summed E-state index contributed by atoms with van der Waals surface area (Å²) in [6.07, 6.45) is -0.257. The second kappa shape index (κ2) is 10.3. The Bertz CT molecular complexity index is 933. The molecule has 0 fully saturated rings. The van der Waals surface area contributed by atoms with Crippen LogP contribution >= 0.6 is 0 Å². The summed E-state index contributed by atoms with van der Waals surface area (Å²) in [4.78, 5) is 35.2. The normalized spacial score (nSPS) is 10.5. The molecule has 2 aromatic carbocycles. The molecule has 30 heavy (non-hydrogen) atoms. The van der Waals surface area contributed by atoms with Crippen molar-refractivity contribution in [2.75, 3.05) is 18.5 Å². The number of nitrogens with one attached hydrogen (secondary N) is 2. The van der Waals surface area contributed by atoms with Crippen LogP contribution in [-0.4, -0.2) is 37.0 Å². The molecular weight excluding hydrogens is 405 g/mol. The van der Waals surface area contributed by atoms with Gasteiger partial charge in [0.2, 0.25) is 5.91 Å². The predicted molar refractivity (Wildman–Crippen MR) is 100 cm³/mol. The van der Waals surface area contributed by atoms with Gasteiger partial charge in [-0.1, -0.05) is 0 Å². The molecule has 2 N–H and O–H groups in total. The van der Waals surface area contributed by atoms with Crippen LogP contribution in [-0.2, 0) is 14.3 Å². The van der Waals surface area contributed by atoms with E-state index in [1.54, 1.807) is 13.8 Å². The number of hydrogen-bond acceptors (Lipinski definition) is 5. The van der Waals surface area contributed by atoms with Gasteiger partial charge in [0.15, 0.2) is 24.1 Å². The Kier molecular flexibility index (Phi) is 7.79. The summed E-state index contributed by atoms with van der Waals surface area (Å²) >= 11 is 0. The van der Waals surface area contributed by atoms with Gasteiger partial charge in [0.25, 0.3) is 5.91 Å². The molecule has 0 saturated carbocycles. The molecule has 10 heteroatoms. The van der Waals surface area contributed by atoms with E-state index in [4.69, 9.17) is 9.47 Å². The summed E-state index contributed by atoms with van der Waals surface area (Å²) in [6.45, 7) is 2.48. The van der Waals surface area contributed by atoms with Gasteiger partial charge in [0.1, 0.15) is 5.75 Å². The highest BCUT2D eigenvalue weighted by Gasteiger charge is 2.16. The van der Waals surface area contributed by atoms with E-state index in [9.17, 15) is 27.6 Å². The van der Waals surface area contributed by atoms with E-state index in [1.165, 1.54) is 24.3 Å². The van der Waals surface area contributed by atoms with Gasteiger partial charge >= 0.3 is 5.97 Å². The van der Waals surface area contributed by atoms with Crippen molar-refractivity contribution in [3.8, 4) is 5.75 Å². The zero-order chi connectivity index (χ0) is 22.3. The number of esters is 1. The highest BCUT2D eigenvalue weighted by molar-refractivity contribution is 5.94. The lowest BCUT2D eigenvalue weighted by Crippen LogP contribution is -2.36. The third-order valence-corrected chi connectivity index (χ3v) is 3.56. The second-order valence-corrected chi connectivity index (χ2v) is 6.31. The Morgan fingerprint density at radius 2 is 1.60 bits per heavy atom. The van der Waals surface area contributed by atoms with Crippen LogP contribution in [0.25, 0.3) is 0 Å². The molecule has 0 unspecified atom stereocenters. The minimum Gasteiger partial charge on any atom is -0.484 e. The maximum atomic E-state index is 13.5. The average Bonchev–Trinajstić information content (AvgIpc) is 2.71. The average molecular weight is 424 g/mol. The third kappa shape index (κ3) is 6.50. The maximum Gasteiger partial charge on any atom is 0.338 e. The fraction of sp³-hybridized carbons (Fsp3) is 0.250. The van der Waals surface area contributed by atoms with E-state index in [1.807, 2.05) is 5.32 Å². The molecule has 0 aliphatic carbocycles. The van der Waals surface area contributed by atoms with E-state index >= 15 is 0 Å². The SMILES string of the molecule is CC(C)OC(=O)c1ccc(OCC(=O)NCC(=O)Nc2ccc(F)c(F)c2F)cc1. The lowest BCUT2D eigenvalue weighted by atomic mass is 10.2. The monoisotopic (exact) mass is 424 g/mol. The summed E-state index contributed by atoms with van der Waals surface area (Å²) < 4.78 is 49.8. The summed E-state index contributed by atoms with van der Waals surface area (Å²) in [5.41, 5.74) is -0.234. The third-order valence-electron chi connectivity index (χ3n) is 3.56. The number of hydrogen-bond donors (Lipinski definition) is 2. The molecule has 2 rings (SSSR count). The maximum absolute atomic E-state index is 13.5. The second-order valence-electron chi connectivity index (χ2n) is 6.31. The first-order valence-electron chi connectivity index (χ1n) is 8.81. The number of rotatable bonds is 8. The molecule has 160 valence electrons. The Hall–Kier alpha value is -3.56. The Balaban J connectivity index is 1.78. The summed E-state index contributed by atoms with van der Waals surface area (Å²) in [7, 11) is 0. The first-order valence-corrected chi connectivity index (χ1v) is 8.81. The van der Waals surface area contributed by atoms with Crippen molar-refractivity contribution >= 4 is 23.5 Å². The zero-order valence-electron chi connectivity index (χ0n) is 16.1. The molecular formula is C20H19F3N2O5. The van der Waals surface area contributed by atoms with Gasteiger partial charge in [-0.05, 0) is 50.2 Å². The van der Waals surface area contributed by atoms with Crippen molar-refractivity contribution in [1.82, 2.24) is 5.32 Å². The molecule has 0 aliphatic rings. The molecule has 0 saturated heterocycles. The fourth-order valence-corrected chi connectivity index (χ4v) is 2.16. The summed E-state index contributed by atoms with van der Waals surface area (Å²) in [6, 6.07) is 7.42. The number of ether oxygens (including phenoxy) is 2. The number of carbonyl (C=O) groups is 3. The number of halogens is 3.